The Morgan fingerprint density at radius 2 is 2.03 bits per heavy atom. The third kappa shape index (κ3) is 3.87. The summed E-state index contributed by atoms with van der Waals surface area (Å²) in [6.45, 7) is 4.28. The van der Waals surface area contributed by atoms with Gasteiger partial charge >= 0.3 is 0 Å². The van der Waals surface area contributed by atoms with Gasteiger partial charge in [-0.1, -0.05) is 0 Å². The second-order valence-corrected chi connectivity index (χ2v) is 7.88. The van der Waals surface area contributed by atoms with Gasteiger partial charge in [-0.15, -0.1) is 11.3 Å². The summed E-state index contributed by atoms with van der Waals surface area (Å²) in [5.41, 5.74) is 1.00. The summed E-state index contributed by atoms with van der Waals surface area (Å²) in [7, 11) is 1.84. The second-order valence-electron chi connectivity index (χ2n) is 6.82. The van der Waals surface area contributed by atoms with Gasteiger partial charge in [0.15, 0.2) is 0 Å². The molecule has 0 aromatic carbocycles. The van der Waals surface area contributed by atoms with Gasteiger partial charge in [0.05, 0.1) is 34.5 Å². The number of rotatable bonds is 5. The van der Waals surface area contributed by atoms with E-state index in [1.54, 1.807) is 39.6 Å². The zero-order valence-corrected chi connectivity index (χ0v) is 18.5. The molecule has 0 spiro atoms. The Kier molecular flexibility index (Phi) is 6.25. The van der Waals surface area contributed by atoms with Crippen molar-refractivity contribution in [3.63, 3.8) is 0 Å². The van der Waals surface area contributed by atoms with E-state index in [0.29, 0.717) is 18.1 Å². The number of hydrogen-bond acceptors (Lipinski definition) is 8. The van der Waals surface area contributed by atoms with Gasteiger partial charge in [0.25, 0.3) is 5.91 Å². The van der Waals surface area contributed by atoms with E-state index >= 15 is 0 Å². The Hall–Kier alpha value is -2.43. The summed E-state index contributed by atoms with van der Waals surface area (Å²) in [5, 5.41) is 16.5. The molecule has 4 rings (SSSR count). The zero-order valence-electron chi connectivity index (χ0n) is 16.7. The molecule has 29 heavy (non-hydrogen) atoms. The number of aromatic nitrogens is 4. The number of β-amino-alcohol motifs (C(OH)–C–C–N with tert-alkyl or cyclic N) is 1. The predicted octanol–water partition coefficient (Wildman–Crippen LogP) is 2.91. The number of carbonyl (C=O) groups is 1. The fraction of sp³-hybridized carbons (Fsp3) is 0.368. The van der Waals surface area contributed by atoms with Crippen LogP contribution in [0, 0.1) is 0 Å². The summed E-state index contributed by atoms with van der Waals surface area (Å²) in [4.78, 5) is 25.2. The molecule has 3 aromatic rings. The molecule has 0 radical (unpaired) electrons. The number of aliphatic hydroxyl groups excluding tert-OH is 1. The van der Waals surface area contributed by atoms with Crippen LogP contribution >= 0.6 is 24.0 Å². The first-order valence-electron chi connectivity index (χ1n) is 9.02. The van der Waals surface area contributed by atoms with Crippen LogP contribution in [0.1, 0.15) is 29.1 Å². The smallest absolute Gasteiger partial charge is 0.255 e. The molecule has 0 fully saturated rings. The lowest BCUT2D eigenvalue weighted by Crippen LogP contribution is -2.40. The fourth-order valence-electron chi connectivity index (χ4n) is 3.30. The number of carbonyl (C=O) groups excluding carboxylic acids is 1. The summed E-state index contributed by atoms with van der Waals surface area (Å²) >= 11 is 5.08. The maximum Gasteiger partial charge on any atom is 0.255 e. The summed E-state index contributed by atoms with van der Waals surface area (Å²) in [5.74, 6) is 1.21. The van der Waals surface area contributed by atoms with Crippen LogP contribution in [0.25, 0.3) is 10.6 Å². The van der Waals surface area contributed by atoms with Crippen LogP contribution in [0.15, 0.2) is 30.6 Å². The third-order valence-electron chi connectivity index (χ3n) is 4.73. The van der Waals surface area contributed by atoms with Crippen LogP contribution in [0.5, 0.6) is 0 Å². The van der Waals surface area contributed by atoms with Gasteiger partial charge in [-0.25, -0.2) is 9.97 Å². The largest absolute Gasteiger partial charge is 0.395 e. The molecular formula is C19H24N6O2S2. The van der Waals surface area contributed by atoms with E-state index in [9.17, 15) is 9.90 Å². The average Bonchev–Trinajstić information content (AvgIpc) is 3.38. The topological polar surface area (TPSA) is 96.2 Å². The first kappa shape index (κ1) is 21.3. The standard InChI is InChI=1S/C18H20N6O2S.CH4S/c1-18(2)15-11(16(26)24(18)8-9-25)10-13(27-15)12-4-6-19-17(21-12)22-14-5-7-20-23(14)3;1-2/h4-7,10,25H,8-9H2,1-3H3,(H,19,21,22);2H,1H3. The molecule has 4 heterocycles. The van der Waals surface area contributed by atoms with Crippen molar-refractivity contribution in [3.8, 4) is 10.6 Å². The van der Waals surface area contributed by atoms with E-state index in [2.05, 4.69) is 33.0 Å². The minimum Gasteiger partial charge on any atom is -0.395 e. The molecule has 0 aliphatic carbocycles. The number of thiophene rings is 1. The van der Waals surface area contributed by atoms with E-state index in [-0.39, 0.29) is 12.5 Å². The van der Waals surface area contributed by atoms with E-state index in [1.807, 2.05) is 39.1 Å². The summed E-state index contributed by atoms with van der Waals surface area (Å²) < 4.78 is 1.70. The monoisotopic (exact) mass is 432 g/mol. The maximum atomic E-state index is 12.7. The van der Waals surface area contributed by atoms with Gasteiger partial charge in [-0.05, 0) is 32.2 Å². The van der Waals surface area contributed by atoms with E-state index in [1.165, 1.54) is 0 Å². The number of fused-ring (bicyclic) bond motifs is 1. The molecular weight excluding hydrogens is 408 g/mol. The molecule has 10 heteroatoms. The molecule has 0 bridgehead atoms. The molecule has 0 saturated heterocycles. The third-order valence-corrected chi connectivity index (χ3v) is 6.20. The Morgan fingerprint density at radius 1 is 1.28 bits per heavy atom. The molecule has 0 saturated carbocycles. The molecule has 1 amide bonds. The van der Waals surface area contributed by atoms with Gasteiger partial charge < -0.3 is 15.3 Å². The number of aryl methyl sites for hydroxylation is 1. The Bertz CT molecular complexity index is 1010. The van der Waals surface area contributed by atoms with Gasteiger partial charge in [0.1, 0.15) is 5.82 Å². The highest BCUT2D eigenvalue weighted by molar-refractivity contribution is 7.79. The second kappa shape index (κ2) is 8.52. The van der Waals surface area contributed by atoms with Crippen LogP contribution in [-0.2, 0) is 12.6 Å². The fourth-order valence-corrected chi connectivity index (χ4v) is 4.53. The number of nitrogens with one attached hydrogen (secondary N) is 1. The van der Waals surface area contributed by atoms with Crippen LogP contribution < -0.4 is 5.32 Å². The van der Waals surface area contributed by atoms with E-state index < -0.39 is 5.54 Å². The highest BCUT2D eigenvalue weighted by Gasteiger charge is 2.44. The number of amides is 1. The quantitative estimate of drug-likeness (QED) is 0.537. The van der Waals surface area contributed by atoms with Gasteiger partial charge in [-0.2, -0.15) is 17.7 Å². The van der Waals surface area contributed by atoms with Crippen molar-refractivity contribution in [1.82, 2.24) is 24.6 Å². The van der Waals surface area contributed by atoms with Crippen molar-refractivity contribution in [2.75, 3.05) is 24.7 Å². The van der Waals surface area contributed by atoms with E-state index in [0.717, 1.165) is 21.3 Å². The van der Waals surface area contributed by atoms with Crippen molar-refractivity contribution < 1.29 is 9.90 Å². The number of nitrogens with zero attached hydrogens (tertiary/aromatic N) is 5. The van der Waals surface area contributed by atoms with Crippen LogP contribution in [0.3, 0.4) is 0 Å². The lowest BCUT2D eigenvalue weighted by Gasteiger charge is -2.31. The van der Waals surface area contributed by atoms with Crippen molar-refractivity contribution >= 4 is 41.6 Å². The molecule has 8 nitrogen and oxygen atoms in total. The lowest BCUT2D eigenvalue weighted by molar-refractivity contribution is 0.0565. The van der Waals surface area contributed by atoms with Crippen LogP contribution in [0.2, 0.25) is 0 Å². The Balaban J connectivity index is 0.00000117. The Labute approximate surface area is 179 Å². The first-order valence-corrected chi connectivity index (χ1v) is 10.7. The highest BCUT2D eigenvalue weighted by atomic mass is 32.1. The van der Waals surface area contributed by atoms with Crippen LogP contribution in [-0.4, -0.2) is 55.1 Å². The van der Waals surface area contributed by atoms with Crippen molar-refractivity contribution in [2.24, 2.45) is 7.05 Å². The maximum absolute atomic E-state index is 12.7. The van der Waals surface area contributed by atoms with Gasteiger partial charge in [-0.3, -0.25) is 9.48 Å². The first-order chi connectivity index (χ1) is 13.9. The number of thiol groups is 1. The summed E-state index contributed by atoms with van der Waals surface area (Å²) in [6.07, 6.45) is 5.08. The van der Waals surface area contributed by atoms with Crippen molar-refractivity contribution in [1.29, 1.82) is 0 Å². The van der Waals surface area contributed by atoms with E-state index in [4.69, 9.17) is 0 Å². The molecule has 0 unspecified atom stereocenters. The van der Waals surface area contributed by atoms with Crippen molar-refractivity contribution in [2.45, 2.75) is 19.4 Å². The number of aliphatic hydroxyl groups is 1. The van der Waals surface area contributed by atoms with Crippen molar-refractivity contribution in [3.05, 3.63) is 41.0 Å². The molecule has 154 valence electrons. The predicted molar refractivity (Wildman–Crippen MR) is 118 cm³/mol. The molecule has 1 aliphatic rings. The number of anilines is 2. The zero-order chi connectivity index (χ0) is 21.2. The summed E-state index contributed by atoms with van der Waals surface area (Å²) in [6, 6.07) is 5.56. The molecule has 3 aromatic heterocycles. The lowest BCUT2D eigenvalue weighted by atomic mass is 10.0. The molecule has 0 atom stereocenters. The minimum atomic E-state index is -0.444. The molecule has 2 N–H and O–H groups in total. The highest BCUT2D eigenvalue weighted by Crippen LogP contribution is 2.45. The number of hydrogen-bond donors (Lipinski definition) is 3. The minimum absolute atomic E-state index is 0.0474. The Morgan fingerprint density at radius 3 is 2.66 bits per heavy atom. The van der Waals surface area contributed by atoms with Gasteiger partial charge in [0, 0.05) is 30.7 Å². The van der Waals surface area contributed by atoms with Crippen LogP contribution in [0.4, 0.5) is 11.8 Å². The SMILES string of the molecule is CS.Cn1nccc1Nc1nccc(-c2cc3c(s2)C(C)(C)N(CCO)C3=O)n1. The molecule has 1 aliphatic heterocycles. The normalized spacial score (nSPS) is 14.4. The van der Waals surface area contributed by atoms with Gasteiger partial charge in [0.2, 0.25) is 5.95 Å². The average molecular weight is 433 g/mol.